The van der Waals surface area contributed by atoms with Crippen molar-refractivity contribution in [3.63, 3.8) is 0 Å². The van der Waals surface area contributed by atoms with Crippen LogP contribution in [0.15, 0.2) is 54.9 Å². The van der Waals surface area contributed by atoms with E-state index in [0.717, 1.165) is 16.5 Å². The van der Waals surface area contributed by atoms with Crippen LogP contribution in [0.4, 0.5) is 5.82 Å². The Morgan fingerprint density at radius 3 is 2.77 bits per heavy atom. The number of amides is 1. The van der Waals surface area contributed by atoms with Gasteiger partial charge in [0.25, 0.3) is 5.91 Å². The smallest absolute Gasteiger partial charge is 0.250 e. The van der Waals surface area contributed by atoms with Crippen LogP contribution in [-0.2, 0) is 16.0 Å². The quantitative estimate of drug-likeness (QED) is 0.642. The number of aryl methyl sites for hydroxylation is 1. The average Bonchev–Trinajstić information content (AvgIpc) is 3.06. The number of hydrogen-bond acceptors (Lipinski definition) is 4. The van der Waals surface area contributed by atoms with Crippen LogP contribution in [0.25, 0.3) is 10.9 Å². The van der Waals surface area contributed by atoms with Crippen LogP contribution in [-0.4, -0.2) is 21.7 Å². The van der Waals surface area contributed by atoms with Gasteiger partial charge in [0.05, 0.1) is 6.07 Å². The second kappa shape index (κ2) is 8.08. The van der Waals surface area contributed by atoms with Crippen molar-refractivity contribution in [1.29, 1.82) is 5.26 Å². The highest BCUT2D eigenvalue weighted by atomic mass is 16.2. The molecule has 0 spiro atoms. The number of anilines is 1. The van der Waals surface area contributed by atoms with E-state index in [4.69, 9.17) is 0 Å². The zero-order valence-corrected chi connectivity index (χ0v) is 14.1. The molecule has 6 nitrogen and oxygen atoms in total. The van der Waals surface area contributed by atoms with E-state index in [-0.39, 0.29) is 12.2 Å². The number of fused-ring (bicyclic) bond motifs is 1. The maximum Gasteiger partial charge on any atom is 0.250 e. The standard InChI is InChI=1S/C20H18N4O2/c21-12-16(20(26)24-19-10-3-4-11-22-19)18(25)9-5-6-14-13-23-17-8-2-1-7-15(14)17/h1-4,7-8,10-11,13,16,23H,5-6,9H2,(H,22,24,26). The normalized spacial score (nSPS) is 11.7. The lowest BCUT2D eigenvalue weighted by molar-refractivity contribution is -0.128. The first-order chi connectivity index (χ1) is 12.7. The molecule has 0 aliphatic rings. The number of ketones is 1. The van der Waals surface area contributed by atoms with Crippen molar-refractivity contribution in [2.24, 2.45) is 5.92 Å². The molecule has 0 fully saturated rings. The van der Waals surface area contributed by atoms with Gasteiger partial charge in [0.1, 0.15) is 5.82 Å². The van der Waals surface area contributed by atoms with Crippen molar-refractivity contribution in [2.45, 2.75) is 19.3 Å². The number of pyridine rings is 1. The second-order valence-corrected chi connectivity index (χ2v) is 5.95. The second-order valence-electron chi connectivity index (χ2n) is 5.95. The summed E-state index contributed by atoms with van der Waals surface area (Å²) < 4.78 is 0. The van der Waals surface area contributed by atoms with Crippen LogP contribution in [0.1, 0.15) is 18.4 Å². The fourth-order valence-electron chi connectivity index (χ4n) is 2.85. The number of nitrogens with one attached hydrogen (secondary N) is 2. The number of benzene rings is 1. The molecular weight excluding hydrogens is 328 g/mol. The molecule has 2 heterocycles. The molecule has 26 heavy (non-hydrogen) atoms. The number of nitrogens with zero attached hydrogens (tertiary/aromatic N) is 2. The van der Waals surface area contributed by atoms with Crippen LogP contribution in [0.5, 0.6) is 0 Å². The lowest BCUT2D eigenvalue weighted by atomic mass is 9.98. The number of rotatable bonds is 7. The van der Waals surface area contributed by atoms with Gasteiger partial charge in [-0.05, 0) is 36.6 Å². The highest BCUT2D eigenvalue weighted by Crippen LogP contribution is 2.20. The molecule has 2 aromatic heterocycles. The molecule has 1 unspecified atom stereocenters. The monoisotopic (exact) mass is 346 g/mol. The summed E-state index contributed by atoms with van der Waals surface area (Å²) in [6, 6.07) is 14.8. The van der Waals surface area contributed by atoms with Gasteiger partial charge >= 0.3 is 0 Å². The molecule has 1 amide bonds. The Labute approximate surface area is 150 Å². The zero-order chi connectivity index (χ0) is 18.4. The van der Waals surface area contributed by atoms with Gasteiger partial charge in [-0.2, -0.15) is 5.26 Å². The van der Waals surface area contributed by atoms with Crippen molar-refractivity contribution < 1.29 is 9.59 Å². The first kappa shape index (κ1) is 17.4. The van der Waals surface area contributed by atoms with Gasteiger partial charge in [-0.25, -0.2) is 4.98 Å². The largest absolute Gasteiger partial charge is 0.361 e. The number of carbonyl (C=O) groups is 2. The third kappa shape index (κ3) is 3.95. The summed E-state index contributed by atoms with van der Waals surface area (Å²) in [5.41, 5.74) is 2.18. The molecule has 3 rings (SSSR count). The van der Waals surface area contributed by atoms with Gasteiger partial charge in [-0.15, -0.1) is 0 Å². The van der Waals surface area contributed by atoms with E-state index in [1.54, 1.807) is 24.3 Å². The average molecular weight is 346 g/mol. The van der Waals surface area contributed by atoms with Crippen LogP contribution in [0, 0.1) is 17.2 Å². The summed E-state index contributed by atoms with van der Waals surface area (Å²) in [5, 5.41) is 12.8. The third-order valence-electron chi connectivity index (χ3n) is 4.17. The number of nitriles is 1. The maximum absolute atomic E-state index is 12.3. The topological polar surface area (TPSA) is 98.6 Å². The molecule has 2 N–H and O–H groups in total. The van der Waals surface area contributed by atoms with Crippen LogP contribution in [0.3, 0.4) is 0 Å². The molecule has 1 atom stereocenters. The molecule has 0 radical (unpaired) electrons. The van der Waals surface area contributed by atoms with E-state index in [2.05, 4.69) is 15.3 Å². The predicted octanol–water partition coefficient (Wildman–Crippen LogP) is 3.23. The van der Waals surface area contributed by atoms with Gasteiger partial charge in [0, 0.05) is 29.7 Å². The number of aromatic nitrogens is 2. The highest BCUT2D eigenvalue weighted by Gasteiger charge is 2.26. The Bertz CT molecular complexity index is 957. The summed E-state index contributed by atoms with van der Waals surface area (Å²) in [5.74, 6) is -2.01. The van der Waals surface area contributed by atoms with Crippen LogP contribution >= 0.6 is 0 Å². The Morgan fingerprint density at radius 2 is 2.00 bits per heavy atom. The molecule has 3 aromatic rings. The van der Waals surface area contributed by atoms with Gasteiger partial charge in [0.2, 0.25) is 0 Å². The molecule has 0 aliphatic heterocycles. The summed E-state index contributed by atoms with van der Waals surface area (Å²) in [6.07, 6.45) is 4.92. The third-order valence-corrected chi connectivity index (χ3v) is 4.17. The fourth-order valence-corrected chi connectivity index (χ4v) is 2.85. The lowest BCUT2D eigenvalue weighted by Crippen LogP contribution is -2.28. The minimum absolute atomic E-state index is 0.174. The molecule has 1 aromatic carbocycles. The predicted molar refractivity (Wildman–Crippen MR) is 98.2 cm³/mol. The Hall–Kier alpha value is -3.46. The van der Waals surface area contributed by atoms with Gasteiger partial charge < -0.3 is 10.3 Å². The van der Waals surface area contributed by atoms with E-state index in [1.165, 1.54) is 6.20 Å². The first-order valence-corrected chi connectivity index (χ1v) is 8.38. The van der Waals surface area contributed by atoms with Crippen molar-refractivity contribution in [1.82, 2.24) is 9.97 Å². The van der Waals surface area contributed by atoms with E-state index in [9.17, 15) is 14.9 Å². The Morgan fingerprint density at radius 1 is 1.19 bits per heavy atom. The van der Waals surface area contributed by atoms with Gasteiger partial charge in [-0.3, -0.25) is 9.59 Å². The van der Waals surface area contributed by atoms with Crippen molar-refractivity contribution in [2.75, 3.05) is 5.32 Å². The molecule has 0 bridgehead atoms. The molecule has 6 heteroatoms. The van der Waals surface area contributed by atoms with Gasteiger partial charge in [-0.1, -0.05) is 24.3 Å². The van der Waals surface area contributed by atoms with Gasteiger partial charge in [0.15, 0.2) is 11.7 Å². The number of hydrogen-bond donors (Lipinski definition) is 2. The zero-order valence-electron chi connectivity index (χ0n) is 14.1. The lowest BCUT2D eigenvalue weighted by Gasteiger charge is -2.09. The number of aromatic amines is 1. The maximum atomic E-state index is 12.3. The molecule has 0 saturated heterocycles. The van der Waals surface area contributed by atoms with Crippen molar-refractivity contribution in [3.8, 4) is 6.07 Å². The number of para-hydroxylation sites is 1. The summed E-state index contributed by atoms with van der Waals surface area (Å²) in [4.78, 5) is 31.6. The highest BCUT2D eigenvalue weighted by molar-refractivity contribution is 6.09. The SMILES string of the molecule is N#CC(C(=O)CCCc1c[nH]c2ccccc12)C(=O)Nc1ccccn1. The van der Waals surface area contributed by atoms with E-state index in [1.807, 2.05) is 30.5 Å². The minimum atomic E-state index is -1.32. The number of H-pyrrole nitrogens is 1. The summed E-state index contributed by atoms with van der Waals surface area (Å²) >= 11 is 0. The molecule has 0 aliphatic carbocycles. The molecule has 0 saturated carbocycles. The Balaban J connectivity index is 1.56. The van der Waals surface area contributed by atoms with Crippen molar-refractivity contribution in [3.05, 3.63) is 60.4 Å². The fraction of sp³-hybridized carbons (Fsp3) is 0.200. The summed E-state index contributed by atoms with van der Waals surface area (Å²) in [6.45, 7) is 0. The van der Waals surface area contributed by atoms with E-state index >= 15 is 0 Å². The first-order valence-electron chi connectivity index (χ1n) is 8.38. The number of carbonyl (C=O) groups excluding carboxylic acids is 2. The molecule has 130 valence electrons. The summed E-state index contributed by atoms with van der Waals surface area (Å²) in [7, 11) is 0. The minimum Gasteiger partial charge on any atom is -0.361 e. The van der Waals surface area contributed by atoms with Crippen molar-refractivity contribution >= 4 is 28.4 Å². The van der Waals surface area contributed by atoms with Crippen LogP contribution in [0.2, 0.25) is 0 Å². The van der Waals surface area contributed by atoms with E-state index in [0.29, 0.717) is 18.7 Å². The Kier molecular flexibility index (Phi) is 5.40. The number of Topliss-reactive ketones (excluding diaryl/α,β-unsaturated/α-hetero) is 1. The van der Waals surface area contributed by atoms with E-state index < -0.39 is 11.8 Å². The molecular formula is C20H18N4O2. The van der Waals surface area contributed by atoms with Crippen LogP contribution < -0.4 is 5.32 Å².